The summed E-state index contributed by atoms with van der Waals surface area (Å²) in [5.41, 5.74) is 0.636. The first kappa shape index (κ1) is 17.1. The maximum absolute atomic E-state index is 12.2. The number of amides is 1. The molecule has 0 aliphatic rings. The Bertz CT molecular complexity index is 962. The molecule has 126 valence electrons. The summed E-state index contributed by atoms with van der Waals surface area (Å²) in [5.74, 6) is -0.344. The van der Waals surface area contributed by atoms with E-state index in [9.17, 15) is 14.9 Å². The van der Waals surface area contributed by atoms with Crippen LogP contribution >= 0.6 is 23.4 Å². The van der Waals surface area contributed by atoms with Crippen LogP contribution in [0.25, 0.3) is 10.9 Å². The largest absolute Gasteiger partial charge is 0.320 e. The summed E-state index contributed by atoms with van der Waals surface area (Å²) in [6.45, 7) is 0. The Morgan fingerprint density at radius 1 is 1.24 bits per heavy atom. The van der Waals surface area contributed by atoms with E-state index in [0.717, 1.165) is 10.9 Å². The van der Waals surface area contributed by atoms with Crippen molar-refractivity contribution in [3.8, 4) is 0 Å². The molecule has 1 amide bonds. The number of thioether (sulfide) groups is 1. The second-order valence-electron chi connectivity index (χ2n) is 4.95. The third-order valence-corrected chi connectivity index (χ3v) is 4.52. The van der Waals surface area contributed by atoms with Crippen molar-refractivity contribution in [2.24, 2.45) is 0 Å². The number of nitrogens with zero attached hydrogens (tertiary/aromatic N) is 3. The Balaban J connectivity index is 1.73. The molecule has 9 heteroatoms. The lowest BCUT2D eigenvalue weighted by Crippen LogP contribution is -2.15. The number of halogens is 1. The Morgan fingerprint density at radius 2 is 2.04 bits per heavy atom. The number of nitrogens with one attached hydrogen (secondary N) is 1. The first-order valence-electron chi connectivity index (χ1n) is 7.11. The number of carbonyl (C=O) groups excluding carboxylic acids is 1. The molecule has 0 radical (unpaired) electrons. The number of hydrogen-bond donors (Lipinski definition) is 1. The summed E-state index contributed by atoms with van der Waals surface area (Å²) >= 11 is 7.08. The third-order valence-electron chi connectivity index (χ3n) is 3.28. The van der Waals surface area contributed by atoms with Gasteiger partial charge in [-0.05, 0) is 18.2 Å². The van der Waals surface area contributed by atoms with E-state index in [1.807, 2.05) is 24.3 Å². The van der Waals surface area contributed by atoms with E-state index in [2.05, 4.69) is 15.3 Å². The van der Waals surface area contributed by atoms with Crippen LogP contribution < -0.4 is 5.32 Å². The second kappa shape index (κ2) is 7.45. The first-order chi connectivity index (χ1) is 12.0. The van der Waals surface area contributed by atoms with Gasteiger partial charge < -0.3 is 5.32 Å². The highest BCUT2D eigenvalue weighted by Gasteiger charge is 2.16. The number of anilines is 1. The lowest BCUT2D eigenvalue weighted by atomic mass is 10.2. The molecule has 0 aliphatic heterocycles. The van der Waals surface area contributed by atoms with E-state index >= 15 is 0 Å². The van der Waals surface area contributed by atoms with E-state index in [0.29, 0.717) is 10.0 Å². The molecule has 0 aliphatic carbocycles. The molecule has 7 nitrogen and oxygen atoms in total. The fourth-order valence-corrected chi connectivity index (χ4v) is 3.14. The number of nitro groups is 1. The molecule has 0 spiro atoms. The summed E-state index contributed by atoms with van der Waals surface area (Å²) < 4.78 is 0. The number of carbonyl (C=O) groups is 1. The van der Waals surface area contributed by atoms with Gasteiger partial charge >= 0.3 is 0 Å². The Labute approximate surface area is 151 Å². The molecular weight excluding hydrogens is 364 g/mol. The number of fused-ring (bicyclic) bond motifs is 1. The van der Waals surface area contributed by atoms with Crippen molar-refractivity contribution in [1.82, 2.24) is 9.97 Å². The molecule has 1 N–H and O–H groups in total. The average molecular weight is 375 g/mol. The molecule has 0 bridgehead atoms. The van der Waals surface area contributed by atoms with Crippen LogP contribution in [-0.2, 0) is 4.79 Å². The number of benzene rings is 2. The normalized spacial score (nSPS) is 10.6. The van der Waals surface area contributed by atoms with Crippen molar-refractivity contribution in [1.29, 1.82) is 0 Å². The minimum absolute atomic E-state index is 0.0463. The SMILES string of the molecule is O=C(CSc1ncnc2ccccc12)Nc1cc(Cl)ccc1[N+](=O)[O-]. The molecule has 2 aromatic carbocycles. The number of rotatable bonds is 5. The summed E-state index contributed by atoms with van der Waals surface area (Å²) in [6, 6.07) is 11.5. The maximum Gasteiger partial charge on any atom is 0.292 e. The van der Waals surface area contributed by atoms with Gasteiger partial charge in [0.15, 0.2) is 0 Å². The van der Waals surface area contributed by atoms with E-state index < -0.39 is 10.8 Å². The molecule has 0 atom stereocenters. The van der Waals surface area contributed by atoms with E-state index in [1.165, 1.54) is 36.3 Å². The zero-order valence-electron chi connectivity index (χ0n) is 12.7. The molecule has 1 aromatic heterocycles. The highest BCUT2D eigenvalue weighted by molar-refractivity contribution is 8.00. The van der Waals surface area contributed by atoms with Crippen LogP contribution in [0, 0.1) is 10.1 Å². The molecule has 0 fully saturated rings. The minimum Gasteiger partial charge on any atom is -0.320 e. The zero-order valence-corrected chi connectivity index (χ0v) is 14.3. The van der Waals surface area contributed by atoms with Crippen LogP contribution in [0.5, 0.6) is 0 Å². The quantitative estimate of drug-likeness (QED) is 0.314. The van der Waals surface area contributed by atoms with Gasteiger partial charge in [-0.3, -0.25) is 14.9 Å². The summed E-state index contributed by atoms with van der Waals surface area (Å²) in [4.78, 5) is 31.0. The Kier molecular flexibility index (Phi) is 5.11. The lowest BCUT2D eigenvalue weighted by Gasteiger charge is -2.07. The van der Waals surface area contributed by atoms with Gasteiger partial charge in [-0.1, -0.05) is 41.6 Å². The average Bonchev–Trinajstić information content (AvgIpc) is 2.59. The van der Waals surface area contributed by atoms with Gasteiger partial charge in [0.05, 0.1) is 16.2 Å². The number of hydrogen-bond acceptors (Lipinski definition) is 6. The number of aromatic nitrogens is 2. The van der Waals surface area contributed by atoms with Crippen molar-refractivity contribution in [3.05, 3.63) is 63.9 Å². The smallest absolute Gasteiger partial charge is 0.292 e. The van der Waals surface area contributed by atoms with Crippen LogP contribution in [0.15, 0.2) is 53.8 Å². The van der Waals surface area contributed by atoms with Crippen LogP contribution in [0.1, 0.15) is 0 Å². The summed E-state index contributed by atoms with van der Waals surface area (Å²) in [7, 11) is 0. The Morgan fingerprint density at radius 3 is 2.84 bits per heavy atom. The van der Waals surface area contributed by atoms with Crippen LogP contribution in [-0.4, -0.2) is 26.6 Å². The second-order valence-corrected chi connectivity index (χ2v) is 6.35. The van der Waals surface area contributed by atoms with Crippen molar-refractivity contribution in [2.75, 3.05) is 11.1 Å². The maximum atomic E-state index is 12.2. The topological polar surface area (TPSA) is 98.0 Å². The highest BCUT2D eigenvalue weighted by Crippen LogP contribution is 2.28. The molecule has 0 saturated carbocycles. The molecule has 25 heavy (non-hydrogen) atoms. The van der Waals surface area contributed by atoms with Crippen molar-refractivity contribution in [2.45, 2.75) is 5.03 Å². The predicted molar refractivity (Wildman–Crippen MR) is 97.0 cm³/mol. The molecule has 1 heterocycles. The fraction of sp³-hybridized carbons (Fsp3) is 0.0625. The van der Waals surface area contributed by atoms with Gasteiger partial charge in [-0.25, -0.2) is 9.97 Å². The van der Waals surface area contributed by atoms with Gasteiger partial charge in [0, 0.05) is 16.5 Å². The van der Waals surface area contributed by atoms with Crippen molar-refractivity contribution < 1.29 is 9.72 Å². The van der Waals surface area contributed by atoms with E-state index in [-0.39, 0.29) is 17.1 Å². The van der Waals surface area contributed by atoms with Gasteiger partial charge in [-0.15, -0.1) is 0 Å². The fourth-order valence-electron chi connectivity index (χ4n) is 2.18. The summed E-state index contributed by atoms with van der Waals surface area (Å²) in [5, 5.41) is 15.4. The van der Waals surface area contributed by atoms with E-state index in [1.54, 1.807) is 0 Å². The number of nitro benzene ring substituents is 1. The molecule has 3 rings (SSSR count). The summed E-state index contributed by atoms with van der Waals surface area (Å²) in [6.07, 6.45) is 1.43. The number of para-hydroxylation sites is 1. The third kappa shape index (κ3) is 4.04. The lowest BCUT2D eigenvalue weighted by molar-refractivity contribution is -0.383. The molecule has 3 aromatic rings. The highest BCUT2D eigenvalue weighted by atomic mass is 35.5. The van der Waals surface area contributed by atoms with Gasteiger partial charge in [0.25, 0.3) is 5.69 Å². The van der Waals surface area contributed by atoms with Crippen molar-refractivity contribution in [3.63, 3.8) is 0 Å². The first-order valence-corrected chi connectivity index (χ1v) is 8.47. The molecular formula is C16H11ClN4O3S. The van der Waals surface area contributed by atoms with E-state index in [4.69, 9.17) is 11.6 Å². The molecule has 0 unspecified atom stereocenters. The van der Waals surface area contributed by atoms with Gasteiger partial charge in [0.1, 0.15) is 17.0 Å². The standard InChI is InChI=1S/C16H11ClN4O3S/c17-10-5-6-14(21(23)24)13(7-10)20-15(22)8-25-16-11-3-1-2-4-12(11)18-9-19-16/h1-7,9H,8H2,(H,20,22). The van der Waals surface area contributed by atoms with Crippen LogP contribution in [0.2, 0.25) is 5.02 Å². The van der Waals surface area contributed by atoms with Crippen LogP contribution in [0.4, 0.5) is 11.4 Å². The minimum atomic E-state index is -0.572. The zero-order chi connectivity index (χ0) is 17.8. The van der Waals surface area contributed by atoms with Crippen molar-refractivity contribution >= 4 is 51.5 Å². The Hall–Kier alpha value is -2.71. The van der Waals surface area contributed by atoms with Gasteiger partial charge in [-0.2, -0.15) is 0 Å². The predicted octanol–water partition coefficient (Wildman–Crippen LogP) is 3.92. The monoisotopic (exact) mass is 374 g/mol. The van der Waals surface area contributed by atoms with Gasteiger partial charge in [0.2, 0.25) is 5.91 Å². The van der Waals surface area contributed by atoms with Crippen LogP contribution in [0.3, 0.4) is 0 Å². The molecule has 0 saturated heterocycles.